The van der Waals surface area contributed by atoms with Crippen LogP contribution in [0.5, 0.6) is 0 Å². The van der Waals surface area contributed by atoms with Crippen molar-refractivity contribution in [3.63, 3.8) is 0 Å². The van der Waals surface area contributed by atoms with Crippen molar-refractivity contribution >= 4 is 52.2 Å². The Balaban J connectivity index is 1.34. The Bertz CT molecular complexity index is 1120. The molecule has 160 valence electrons. The van der Waals surface area contributed by atoms with E-state index < -0.39 is 11.6 Å². The molecule has 3 heterocycles. The fraction of sp³-hybridized carbons (Fsp3) is 0.350. The van der Waals surface area contributed by atoms with Crippen molar-refractivity contribution in [3.05, 3.63) is 46.0 Å². The van der Waals surface area contributed by atoms with Crippen LogP contribution in [0.25, 0.3) is 11.3 Å². The van der Waals surface area contributed by atoms with Crippen LogP contribution in [0.4, 0.5) is 5.69 Å². The number of carbonyl (C=O) groups excluding carboxylic acids is 2. The molecule has 2 aromatic heterocycles. The molecule has 1 aliphatic carbocycles. The number of rotatable bonds is 5. The summed E-state index contributed by atoms with van der Waals surface area (Å²) in [5.74, 6) is -0.335. The third-order valence-corrected chi connectivity index (χ3v) is 6.75. The predicted octanol–water partition coefficient (Wildman–Crippen LogP) is 3.83. The summed E-state index contributed by atoms with van der Waals surface area (Å²) >= 11 is 13.4. The molecule has 2 amide bonds. The lowest BCUT2D eigenvalue weighted by molar-refractivity contribution is -0.141. The molecule has 31 heavy (non-hydrogen) atoms. The number of hydrogen-bond acceptors (Lipinski definition) is 6. The minimum atomic E-state index is -0.767. The Morgan fingerprint density at radius 3 is 2.65 bits per heavy atom. The molecule has 1 N–H and O–H groups in total. The fourth-order valence-corrected chi connectivity index (χ4v) is 5.05. The number of aromatic nitrogens is 4. The summed E-state index contributed by atoms with van der Waals surface area (Å²) in [6.45, 7) is 0.533. The van der Waals surface area contributed by atoms with Crippen LogP contribution in [-0.4, -0.2) is 48.7 Å². The van der Waals surface area contributed by atoms with Crippen LogP contribution < -0.4 is 5.32 Å². The van der Waals surface area contributed by atoms with Gasteiger partial charge in [0.05, 0.1) is 12.4 Å². The second-order valence-corrected chi connectivity index (χ2v) is 9.33. The van der Waals surface area contributed by atoms with Gasteiger partial charge in [-0.05, 0) is 55.4 Å². The van der Waals surface area contributed by atoms with Gasteiger partial charge in [-0.3, -0.25) is 9.59 Å². The third-order valence-electron chi connectivity index (χ3n) is 5.73. The summed E-state index contributed by atoms with van der Waals surface area (Å²) in [6.07, 6.45) is 6.22. The van der Waals surface area contributed by atoms with Crippen molar-refractivity contribution in [2.24, 2.45) is 0 Å². The van der Waals surface area contributed by atoms with Gasteiger partial charge in [0.1, 0.15) is 17.3 Å². The molecule has 1 atom stereocenters. The molecule has 2 aliphatic rings. The van der Waals surface area contributed by atoms with Gasteiger partial charge in [0.25, 0.3) is 5.91 Å². The highest BCUT2D eigenvalue weighted by atomic mass is 35.5. The molecule has 11 heteroatoms. The van der Waals surface area contributed by atoms with E-state index in [0.717, 1.165) is 12.0 Å². The molecule has 1 saturated heterocycles. The number of amides is 2. The molecule has 0 spiro atoms. The molecular weight excluding hydrogens is 459 g/mol. The van der Waals surface area contributed by atoms with Gasteiger partial charge in [-0.1, -0.05) is 28.4 Å². The van der Waals surface area contributed by atoms with Gasteiger partial charge >= 0.3 is 0 Å². The number of carbonyl (C=O) groups is 2. The Hall–Kier alpha value is -2.49. The minimum Gasteiger partial charge on any atom is -0.329 e. The number of benzene rings is 1. The van der Waals surface area contributed by atoms with Gasteiger partial charge < -0.3 is 10.2 Å². The van der Waals surface area contributed by atoms with E-state index in [4.69, 9.17) is 23.2 Å². The lowest BCUT2D eigenvalue weighted by Gasteiger charge is -2.28. The third kappa shape index (κ3) is 3.81. The van der Waals surface area contributed by atoms with Gasteiger partial charge in [-0.15, -0.1) is 5.10 Å². The van der Waals surface area contributed by atoms with E-state index >= 15 is 0 Å². The average molecular weight is 477 g/mol. The Labute approximate surface area is 192 Å². The number of hydrogen-bond donors (Lipinski definition) is 1. The maximum Gasteiger partial charge on any atom is 0.251 e. The maximum atomic E-state index is 13.5. The van der Waals surface area contributed by atoms with Crippen molar-refractivity contribution in [3.8, 4) is 11.3 Å². The van der Waals surface area contributed by atoms with E-state index in [2.05, 4.69) is 20.0 Å². The number of nitrogens with one attached hydrogen (secondary N) is 1. The van der Waals surface area contributed by atoms with Gasteiger partial charge in [-0.25, -0.2) is 9.06 Å². The lowest BCUT2D eigenvalue weighted by atomic mass is 10.1. The molecule has 1 aliphatic heterocycles. The predicted molar refractivity (Wildman–Crippen MR) is 118 cm³/mol. The molecule has 5 rings (SSSR count). The van der Waals surface area contributed by atoms with Crippen LogP contribution in [-0.2, 0) is 15.1 Å². The summed E-state index contributed by atoms with van der Waals surface area (Å²) in [4.78, 5) is 28.1. The topological polar surface area (TPSA) is 93.0 Å². The van der Waals surface area contributed by atoms with E-state index in [1.807, 2.05) is 5.38 Å². The largest absolute Gasteiger partial charge is 0.329 e. The van der Waals surface area contributed by atoms with Crippen molar-refractivity contribution < 1.29 is 9.59 Å². The lowest BCUT2D eigenvalue weighted by Crippen LogP contribution is -2.49. The Morgan fingerprint density at radius 2 is 1.97 bits per heavy atom. The van der Waals surface area contributed by atoms with Gasteiger partial charge in [0.2, 0.25) is 5.91 Å². The number of likely N-dealkylation sites (tertiary alicyclic amines) is 1. The van der Waals surface area contributed by atoms with Gasteiger partial charge in [0.15, 0.2) is 0 Å². The van der Waals surface area contributed by atoms with Crippen LogP contribution in [0.2, 0.25) is 10.0 Å². The summed E-state index contributed by atoms with van der Waals surface area (Å²) in [5.41, 5.74) is 1.30. The molecule has 1 unspecified atom stereocenters. The van der Waals surface area contributed by atoms with Crippen molar-refractivity contribution in [1.82, 2.24) is 24.3 Å². The zero-order valence-electron chi connectivity index (χ0n) is 16.3. The summed E-state index contributed by atoms with van der Waals surface area (Å²) in [5, 5.41) is 14.0. The molecule has 2 fully saturated rings. The molecule has 0 bridgehead atoms. The van der Waals surface area contributed by atoms with E-state index in [1.54, 1.807) is 40.2 Å². The fourth-order valence-electron chi connectivity index (χ4n) is 4.00. The summed E-state index contributed by atoms with van der Waals surface area (Å²) in [6, 6.07) is 4.31. The van der Waals surface area contributed by atoms with E-state index in [9.17, 15) is 9.59 Å². The first-order chi connectivity index (χ1) is 15.0. The standard InChI is InChI=1S/C20H18Cl2N6O2S/c21-13-6-14(22)8-15(7-13)24-18(29)17-2-1-5-27(17)19(30)20(3-4-20)28-10-16(25-26-28)12-9-23-31-11-12/h6-11,17H,1-5H2,(H,24,29). The highest BCUT2D eigenvalue weighted by Crippen LogP contribution is 2.46. The first kappa shape index (κ1) is 20.4. The SMILES string of the molecule is O=C(Nc1cc(Cl)cc(Cl)c1)C1CCCN1C(=O)C1(n2cc(-c3cnsc3)nn2)CC1. The molecule has 1 aromatic carbocycles. The second kappa shape index (κ2) is 7.89. The smallest absolute Gasteiger partial charge is 0.251 e. The number of anilines is 1. The second-order valence-electron chi connectivity index (χ2n) is 7.80. The van der Waals surface area contributed by atoms with E-state index in [-0.39, 0.29) is 11.8 Å². The Kier molecular flexibility index (Phi) is 5.19. The minimum absolute atomic E-state index is 0.0887. The zero-order valence-corrected chi connectivity index (χ0v) is 18.6. The van der Waals surface area contributed by atoms with E-state index in [1.165, 1.54) is 11.5 Å². The van der Waals surface area contributed by atoms with E-state index in [0.29, 0.717) is 47.2 Å². The molecule has 1 saturated carbocycles. The van der Waals surface area contributed by atoms with Crippen LogP contribution in [0.15, 0.2) is 36.0 Å². The first-order valence-electron chi connectivity index (χ1n) is 9.87. The monoisotopic (exact) mass is 476 g/mol. The van der Waals surface area contributed by atoms with Crippen LogP contribution in [0, 0.1) is 0 Å². The number of halogens is 2. The number of nitrogens with zero attached hydrogens (tertiary/aromatic N) is 5. The molecule has 0 radical (unpaired) electrons. The normalized spacial score (nSPS) is 19.4. The average Bonchev–Trinajstić information content (AvgIpc) is 3.18. The zero-order chi connectivity index (χ0) is 21.6. The molecule has 3 aromatic rings. The summed E-state index contributed by atoms with van der Waals surface area (Å²) < 4.78 is 5.73. The quantitative estimate of drug-likeness (QED) is 0.603. The van der Waals surface area contributed by atoms with Gasteiger partial charge in [0, 0.05) is 33.2 Å². The van der Waals surface area contributed by atoms with Crippen molar-refractivity contribution in [2.75, 3.05) is 11.9 Å². The summed E-state index contributed by atoms with van der Waals surface area (Å²) in [7, 11) is 0. The maximum absolute atomic E-state index is 13.5. The highest BCUT2D eigenvalue weighted by molar-refractivity contribution is 7.03. The molecule has 8 nitrogen and oxygen atoms in total. The van der Waals surface area contributed by atoms with Crippen LogP contribution >= 0.6 is 34.7 Å². The van der Waals surface area contributed by atoms with Crippen LogP contribution in [0.3, 0.4) is 0 Å². The highest BCUT2D eigenvalue weighted by Gasteiger charge is 2.56. The van der Waals surface area contributed by atoms with Crippen molar-refractivity contribution in [2.45, 2.75) is 37.3 Å². The molecular formula is C20H18Cl2N6O2S. The van der Waals surface area contributed by atoms with Crippen molar-refractivity contribution in [1.29, 1.82) is 0 Å². The van der Waals surface area contributed by atoms with Crippen LogP contribution in [0.1, 0.15) is 25.7 Å². The Morgan fingerprint density at radius 1 is 1.19 bits per heavy atom. The van der Waals surface area contributed by atoms with Gasteiger partial charge in [-0.2, -0.15) is 0 Å². The first-order valence-corrected chi connectivity index (χ1v) is 11.5.